The second-order valence-electron chi connectivity index (χ2n) is 8.65. The van der Waals surface area contributed by atoms with Crippen LogP contribution in [-0.2, 0) is 21.2 Å². The number of alkyl halides is 1. The maximum atomic E-state index is 15.9. The summed E-state index contributed by atoms with van der Waals surface area (Å²) < 4.78 is 46.7. The number of rotatable bonds is 5. The van der Waals surface area contributed by atoms with E-state index in [4.69, 9.17) is 4.74 Å². The van der Waals surface area contributed by atoms with E-state index in [9.17, 15) is 13.2 Å². The number of anilines is 1. The molecule has 1 fully saturated rings. The van der Waals surface area contributed by atoms with E-state index in [0.717, 1.165) is 0 Å². The van der Waals surface area contributed by atoms with E-state index in [0.29, 0.717) is 28.4 Å². The Kier molecular flexibility index (Phi) is 5.49. The molecule has 10 heteroatoms. The number of hydrogen-bond donors (Lipinski definition) is 0. The van der Waals surface area contributed by atoms with Gasteiger partial charge in [0, 0.05) is 30.9 Å². The molecular formula is C22H27FN4O4S. The van der Waals surface area contributed by atoms with Crippen molar-refractivity contribution in [1.29, 1.82) is 0 Å². The van der Waals surface area contributed by atoms with E-state index in [1.54, 1.807) is 30.0 Å². The van der Waals surface area contributed by atoms with Crippen LogP contribution in [0.15, 0.2) is 30.6 Å². The van der Waals surface area contributed by atoms with Crippen molar-refractivity contribution < 1.29 is 22.3 Å². The first-order chi connectivity index (χ1) is 15.0. The standard InChI is InChI=1S/C22H27FN4O4S/c1-5-32(29,30)26-10-8-22(23,9-11-26)15-12-16(14-24-13-15)27-20(28)17-6-7-18(31-4)25-19(17)21(27,2)3/h6-7,12-14H,5,8-11H2,1-4H3. The number of nitrogens with zero attached hydrogens (tertiary/aromatic N) is 4. The van der Waals surface area contributed by atoms with Crippen molar-refractivity contribution in [3.63, 3.8) is 0 Å². The second-order valence-corrected chi connectivity index (χ2v) is 10.9. The number of ether oxygens (including phenoxy) is 1. The molecule has 1 saturated heterocycles. The number of sulfonamides is 1. The molecule has 2 aromatic rings. The molecule has 2 aliphatic rings. The second kappa shape index (κ2) is 7.77. The van der Waals surface area contributed by atoms with E-state index >= 15 is 4.39 Å². The molecule has 4 rings (SSSR count). The van der Waals surface area contributed by atoms with Crippen LogP contribution in [0, 0.1) is 0 Å². The highest BCUT2D eigenvalue weighted by molar-refractivity contribution is 7.89. The maximum absolute atomic E-state index is 15.9. The van der Waals surface area contributed by atoms with Gasteiger partial charge in [-0.05, 0) is 45.7 Å². The highest BCUT2D eigenvalue weighted by atomic mass is 32.2. The van der Waals surface area contributed by atoms with Gasteiger partial charge in [-0.3, -0.25) is 14.7 Å². The highest BCUT2D eigenvalue weighted by Gasteiger charge is 2.46. The lowest BCUT2D eigenvalue weighted by Crippen LogP contribution is -2.44. The summed E-state index contributed by atoms with van der Waals surface area (Å²) in [5, 5.41) is 0. The maximum Gasteiger partial charge on any atom is 0.261 e. The van der Waals surface area contributed by atoms with Gasteiger partial charge >= 0.3 is 0 Å². The van der Waals surface area contributed by atoms with Gasteiger partial charge in [0.2, 0.25) is 15.9 Å². The van der Waals surface area contributed by atoms with Crippen molar-refractivity contribution in [2.75, 3.05) is 30.9 Å². The summed E-state index contributed by atoms with van der Waals surface area (Å²) in [7, 11) is -1.84. The summed E-state index contributed by atoms with van der Waals surface area (Å²) in [6.45, 7) is 5.54. The number of methoxy groups -OCH3 is 1. The summed E-state index contributed by atoms with van der Waals surface area (Å²) in [5.41, 5.74) is -0.647. The number of pyridine rings is 2. The molecule has 1 amide bonds. The summed E-state index contributed by atoms with van der Waals surface area (Å²) in [6, 6.07) is 4.96. The molecule has 0 saturated carbocycles. The Morgan fingerprint density at radius 2 is 1.88 bits per heavy atom. The number of fused-ring (bicyclic) bond motifs is 1. The molecule has 32 heavy (non-hydrogen) atoms. The lowest BCUT2D eigenvalue weighted by Gasteiger charge is -2.36. The van der Waals surface area contributed by atoms with Crippen molar-refractivity contribution in [3.8, 4) is 5.88 Å². The van der Waals surface area contributed by atoms with Gasteiger partial charge in [0.05, 0.1) is 41.5 Å². The molecule has 8 nitrogen and oxygen atoms in total. The van der Waals surface area contributed by atoms with Gasteiger partial charge in [-0.2, -0.15) is 0 Å². The largest absolute Gasteiger partial charge is 0.481 e. The number of amides is 1. The molecule has 0 unspecified atom stereocenters. The molecule has 2 aliphatic heterocycles. The number of carbonyl (C=O) groups excluding carboxylic acids is 1. The minimum Gasteiger partial charge on any atom is -0.481 e. The fraction of sp³-hybridized carbons (Fsp3) is 0.500. The Bertz CT molecular complexity index is 1160. The van der Waals surface area contributed by atoms with Crippen LogP contribution in [0.4, 0.5) is 10.1 Å². The van der Waals surface area contributed by atoms with Crippen molar-refractivity contribution in [2.45, 2.75) is 44.8 Å². The van der Waals surface area contributed by atoms with Crippen molar-refractivity contribution in [2.24, 2.45) is 0 Å². The highest BCUT2D eigenvalue weighted by Crippen LogP contribution is 2.44. The first-order valence-corrected chi connectivity index (χ1v) is 12.2. The Morgan fingerprint density at radius 3 is 2.50 bits per heavy atom. The van der Waals surface area contributed by atoms with Crippen LogP contribution in [0.1, 0.15) is 55.2 Å². The lowest BCUT2D eigenvalue weighted by molar-refractivity contribution is 0.0865. The number of aromatic nitrogens is 2. The fourth-order valence-electron chi connectivity index (χ4n) is 4.50. The Labute approximate surface area is 187 Å². The molecule has 0 aliphatic carbocycles. The minimum absolute atomic E-state index is 0.00510. The number of carbonyl (C=O) groups is 1. The van der Waals surface area contributed by atoms with Crippen LogP contribution in [0.5, 0.6) is 5.88 Å². The van der Waals surface area contributed by atoms with Crippen LogP contribution in [-0.4, -0.2) is 54.6 Å². The summed E-state index contributed by atoms with van der Waals surface area (Å²) in [5.74, 6) is 0.167. The zero-order valence-corrected chi connectivity index (χ0v) is 19.4. The third-order valence-corrected chi connectivity index (χ3v) is 8.30. The SMILES string of the molecule is CCS(=O)(=O)N1CCC(F)(c2cncc(N3C(=O)c4ccc(OC)nc4C3(C)C)c2)CC1. The van der Waals surface area contributed by atoms with Crippen LogP contribution in [0.3, 0.4) is 0 Å². The molecule has 0 N–H and O–H groups in total. The average Bonchev–Trinajstić information content (AvgIpc) is 2.98. The van der Waals surface area contributed by atoms with Crippen molar-refractivity contribution in [3.05, 3.63) is 47.4 Å². The van der Waals surface area contributed by atoms with Crippen LogP contribution >= 0.6 is 0 Å². The van der Waals surface area contributed by atoms with E-state index in [2.05, 4.69) is 9.97 Å². The molecule has 2 aromatic heterocycles. The van der Waals surface area contributed by atoms with Crippen LogP contribution < -0.4 is 9.64 Å². The molecule has 0 radical (unpaired) electrons. The summed E-state index contributed by atoms with van der Waals surface area (Å²) in [6.07, 6.45) is 3.06. The summed E-state index contributed by atoms with van der Waals surface area (Å²) >= 11 is 0. The van der Waals surface area contributed by atoms with Gasteiger partial charge in [-0.15, -0.1) is 0 Å². The predicted molar refractivity (Wildman–Crippen MR) is 118 cm³/mol. The smallest absolute Gasteiger partial charge is 0.261 e. The quantitative estimate of drug-likeness (QED) is 0.678. The van der Waals surface area contributed by atoms with Gasteiger partial charge in [-0.25, -0.2) is 22.1 Å². The molecule has 0 bridgehead atoms. The van der Waals surface area contributed by atoms with Crippen LogP contribution in [0.2, 0.25) is 0 Å². The van der Waals surface area contributed by atoms with E-state index in [1.165, 1.54) is 23.8 Å². The Hall–Kier alpha value is -2.59. The zero-order valence-electron chi connectivity index (χ0n) is 18.6. The average molecular weight is 463 g/mol. The Balaban J connectivity index is 1.65. The van der Waals surface area contributed by atoms with Crippen LogP contribution in [0.25, 0.3) is 0 Å². The Morgan fingerprint density at radius 1 is 1.19 bits per heavy atom. The molecule has 0 aromatic carbocycles. The van der Waals surface area contributed by atoms with E-state index in [-0.39, 0.29) is 37.6 Å². The van der Waals surface area contributed by atoms with Crippen molar-refractivity contribution in [1.82, 2.24) is 14.3 Å². The topological polar surface area (TPSA) is 92.7 Å². The number of piperidine rings is 1. The fourth-order valence-corrected chi connectivity index (χ4v) is 5.60. The number of hydrogen-bond acceptors (Lipinski definition) is 6. The van der Waals surface area contributed by atoms with Gasteiger partial charge < -0.3 is 4.74 Å². The van der Waals surface area contributed by atoms with E-state index < -0.39 is 21.2 Å². The third-order valence-electron chi connectivity index (χ3n) is 6.42. The molecule has 172 valence electrons. The zero-order chi connectivity index (χ0) is 23.3. The molecule has 0 spiro atoms. The molecular weight excluding hydrogens is 435 g/mol. The normalized spacial score (nSPS) is 20.3. The first kappa shape index (κ1) is 22.6. The van der Waals surface area contributed by atoms with Gasteiger partial charge in [0.1, 0.15) is 5.67 Å². The molecule has 0 atom stereocenters. The monoisotopic (exact) mass is 462 g/mol. The van der Waals surface area contributed by atoms with Gasteiger partial charge in [0.25, 0.3) is 5.91 Å². The minimum atomic E-state index is -3.35. The first-order valence-electron chi connectivity index (χ1n) is 10.6. The third kappa shape index (κ3) is 3.55. The number of halogens is 1. The van der Waals surface area contributed by atoms with E-state index in [1.807, 2.05) is 13.8 Å². The predicted octanol–water partition coefficient (Wildman–Crippen LogP) is 2.99. The van der Waals surface area contributed by atoms with Crippen molar-refractivity contribution >= 4 is 21.6 Å². The van der Waals surface area contributed by atoms with Gasteiger partial charge in [-0.1, -0.05) is 0 Å². The molecule has 4 heterocycles. The lowest BCUT2D eigenvalue weighted by atomic mass is 9.87. The summed E-state index contributed by atoms with van der Waals surface area (Å²) in [4.78, 5) is 23.5. The van der Waals surface area contributed by atoms with Gasteiger partial charge in [0.15, 0.2) is 0 Å².